The molecule has 5 nitrogen and oxygen atoms in total. The van der Waals surface area contributed by atoms with Crippen molar-refractivity contribution in [3.63, 3.8) is 0 Å². The van der Waals surface area contributed by atoms with Crippen LogP contribution in [0.15, 0.2) is 53.1 Å². The molecule has 2 heterocycles. The second kappa shape index (κ2) is 5.83. The third-order valence-electron chi connectivity index (χ3n) is 3.59. The van der Waals surface area contributed by atoms with Crippen LogP contribution in [0.3, 0.4) is 0 Å². The van der Waals surface area contributed by atoms with Gasteiger partial charge in [-0.1, -0.05) is 30.3 Å². The van der Waals surface area contributed by atoms with E-state index < -0.39 is 6.04 Å². The summed E-state index contributed by atoms with van der Waals surface area (Å²) in [6.07, 6.45) is 2.06. The molecule has 1 atom stereocenters. The summed E-state index contributed by atoms with van der Waals surface area (Å²) in [5.41, 5.74) is 1.02. The number of hydrogen-bond donors (Lipinski definition) is 1. The normalized spacial score (nSPS) is 18.7. The summed E-state index contributed by atoms with van der Waals surface area (Å²) in [5, 5.41) is 2.65. The fraction of sp³-hybridized carbons (Fsp3) is 0.250. The molecule has 1 saturated heterocycles. The summed E-state index contributed by atoms with van der Waals surface area (Å²) < 4.78 is 5.29. The molecule has 0 spiro atoms. The highest BCUT2D eigenvalue weighted by atomic mass is 16.3. The molecule has 108 valence electrons. The van der Waals surface area contributed by atoms with Crippen molar-refractivity contribution in [2.24, 2.45) is 0 Å². The fourth-order valence-corrected chi connectivity index (χ4v) is 2.51. The number of amides is 2. The van der Waals surface area contributed by atoms with Gasteiger partial charge in [0.05, 0.1) is 19.4 Å². The lowest BCUT2D eigenvalue weighted by molar-refractivity contribution is -0.146. The molecule has 1 N–H and O–H groups in total. The number of benzene rings is 1. The monoisotopic (exact) mass is 284 g/mol. The first-order valence-corrected chi connectivity index (χ1v) is 6.87. The minimum Gasteiger partial charge on any atom is -0.467 e. The van der Waals surface area contributed by atoms with Gasteiger partial charge in [0.25, 0.3) is 0 Å². The standard InChI is InChI=1S/C16H16N2O3/c19-15-10-17-16(20)14(9-12-5-2-1-3-6-12)18(15)11-13-7-4-8-21-13/h1-8,14H,9-11H2,(H,17,20)/t14-/m1/s1. The summed E-state index contributed by atoms with van der Waals surface area (Å²) in [4.78, 5) is 25.9. The molecule has 1 fully saturated rings. The van der Waals surface area contributed by atoms with Crippen LogP contribution in [-0.2, 0) is 22.6 Å². The third-order valence-corrected chi connectivity index (χ3v) is 3.59. The molecule has 21 heavy (non-hydrogen) atoms. The highest BCUT2D eigenvalue weighted by molar-refractivity contribution is 5.94. The number of nitrogens with one attached hydrogen (secondary N) is 1. The van der Waals surface area contributed by atoms with Crippen molar-refractivity contribution in [1.29, 1.82) is 0 Å². The molecule has 1 aromatic carbocycles. The zero-order valence-corrected chi connectivity index (χ0v) is 11.5. The minimum absolute atomic E-state index is 0.0465. The van der Waals surface area contributed by atoms with Crippen LogP contribution in [0.25, 0.3) is 0 Å². The van der Waals surface area contributed by atoms with Crippen LogP contribution in [0.4, 0.5) is 0 Å². The number of furan rings is 1. The third kappa shape index (κ3) is 2.97. The van der Waals surface area contributed by atoms with Crippen LogP contribution in [0, 0.1) is 0 Å². The topological polar surface area (TPSA) is 62.6 Å². The molecule has 3 rings (SSSR count). The Balaban J connectivity index is 1.82. The highest BCUT2D eigenvalue weighted by Gasteiger charge is 2.34. The van der Waals surface area contributed by atoms with E-state index in [2.05, 4.69) is 5.32 Å². The van der Waals surface area contributed by atoms with Crippen molar-refractivity contribution in [1.82, 2.24) is 10.2 Å². The first kappa shape index (κ1) is 13.4. The van der Waals surface area contributed by atoms with Crippen LogP contribution in [0.5, 0.6) is 0 Å². The van der Waals surface area contributed by atoms with Gasteiger partial charge in [-0.3, -0.25) is 9.59 Å². The maximum absolute atomic E-state index is 12.1. The van der Waals surface area contributed by atoms with E-state index in [-0.39, 0.29) is 18.4 Å². The lowest BCUT2D eigenvalue weighted by Gasteiger charge is -2.34. The van der Waals surface area contributed by atoms with Crippen molar-refractivity contribution in [3.8, 4) is 0 Å². The summed E-state index contributed by atoms with van der Waals surface area (Å²) in [5.74, 6) is 0.466. The minimum atomic E-state index is -0.501. The van der Waals surface area contributed by atoms with E-state index in [0.717, 1.165) is 5.56 Å². The molecule has 2 amide bonds. The van der Waals surface area contributed by atoms with E-state index in [1.165, 1.54) is 0 Å². The predicted molar refractivity (Wildman–Crippen MR) is 76.2 cm³/mol. The maximum atomic E-state index is 12.1. The molecule has 1 aliphatic rings. The van der Waals surface area contributed by atoms with Gasteiger partial charge in [0.15, 0.2) is 0 Å². The quantitative estimate of drug-likeness (QED) is 0.922. The summed E-state index contributed by atoms with van der Waals surface area (Å²) in [7, 11) is 0. The van der Waals surface area contributed by atoms with Crippen molar-refractivity contribution in [3.05, 3.63) is 60.1 Å². The van der Waals surface area contributed by atoms with E-state index >= 15 is 0 Å². The first-order valence-electron chi connectivity index (χ1n) is 6.87. The average molecular weight is 284 g/mol. The fourth-order valence-electron chi connectivity index (χ4n) is 2.51. The van der Waals surface area contributed by atoms with Gasteiger partial charge in [-0.15, -0.1) is 0 Å². The predicted octanol–water partition coefficient (Wildman–Crippen LogP) is 1.35. The van der Waals surface area contributed by atoms with Gasteiger partial charge in [-0.2, -0.15) is 0 Å². The van der Waals surface area contributed by atoms with Gasteiger partial charge < -0.3 is 14.6 Å². The van der Waals surface area contributed by atoms with Crippen molar-refractivity contribution in [2.75, 3.05) is 6.54 Å². The zero-order valence-electron chi connectivity index (χ0n) is 11.5. The molecule has 0 radical (unpaired) electrons. The van der Waals surface area contributed by atoms with Gasteiger partial charge in [-0.25, -0.2) is 0 Å². The van der Waals surface area contributed by atoms with E-state index in [0.29, 0.717) is 18.7 Å². The highest BCUT2D eigenvalue weighted by Crippen LogP contribution is 2.16. The van der Waals surface area contributed by atoms with E-state index in [9.17, 15) is 9.59 Å². The van der Waals surface area contributed by atoms with Crippen molar-refractivity contribution >= 4 is 11.8 Å². The Bertz CT molecular complexity index is 622. The van der Waals surface area contributed by atoms with Crippen molar-refractivity contribution in [2.45, 2.75) is 19.0 Å². The average Bonchev–Trinajstić information content (AvgIpc) is 3.01. The number of carbonyl (C=O) groups is 2. The Kier molecular flexibility index (Phi) is 3.73. The molecular weight excluding hydrogens is 268 g/mol. The molecule has 0 aliphatic carbocycles. The van der Waals surface area contributed by atoms with E-state index in [1.807, 2.05) is 30.3 Å². The number of carbonyl (C=O) groups excluding carboxylic acids is 2. The molecule has 5 heteroatoms. The van der Waals surface area contributed by atoms with Crippen LogP contribution in [-0.4, -0.2) is 29.3 Å². The molecule has 0 bridgehead atoms. The Morgan fingerprint density at radius 2 is 1.95 bits per heavy atom. The molecule has 1 aliphatic heterocycles. The maximum Gasteiger partial charge on any atom is 0.243 e. The second-order valence-electron chi connectivity index (χ2n) is 5.02. The Hall–Kier alpha value is -2.56. The summed E-state index contributed by atoms with van der Waals surface area (Å²) in [6.45, 7) is 0.363. The molecule has 0 unspecified atom stereocenters. The van der Waals surface area contributed by atoms with Gasteiger partial charge in [-0.05, 0) is 17.7 Å². The van der Waals surface area contributed by atoms with Crippen LogP contribution in [0.1, 0.15) is 11.3 Å². The van der Waals surface area contributed by atoms with Crippen LogP contribution < -0.4 is 5.32 Å². The Labute approximate surface area is 122 Å². The van der Waals surface area contributed by atoms with Gasteiger partial charge in [0, 0.05) is 6.42 Å². The number of hydrogen-bond acceptors (Lipinski definition) is 3. The van der Waals surface area contributed by atoms with Gasteiger partial charge >= 0.3 is 0 Å². The Morgan fingerprint density at radius 3 is 2.67 bits per heavy atom. The lowest BCUT2D eigenvalue weighted by atomic mass is 10.0. The molecule has 0 saturated carbocycles. The van der Waals surface area contributed by atoms with Gasteiger partial charge in [0.1, 0.15) is 11.8 Å². The SMILES string of the molecule is O=C1NCC(=O)N(Cc2ccco2)[C@@H]1Cc1ccccc1. The summed E-state index contributed by atoms with van der Waals surface area (Å²) in [6, 6.07) is 12.8. The summed E-state index contributed by atoms with van der Waals surface area (Å²) >= 11 is 0. The van der Waals surface area contributed by atoms with Crippen molar-refractivity contribution < 1.29 is 14.0 Å². The molecular formula is C16H16N2O3. The van der Waals surface area contributed by atoms with E-state index in [1.54, 1.807) is 23.3 Å². The Morgan fingerprint density at radius 1 is 1.14 bits per heavy atom. The molecule has 1 aromatic heterocycles. The number of piperazine rings is 1. The lowest BCUT2D eigenvalue weighted by Crippen LogP contribution is -2.58. The zero-order chi connectivity index (χ0) is 14.7. The van der Waals surface area contributed by atoms with Crippen LogP contribution >= 0.6 is 0 Å². The van der Waals surface area contributed by atoms with E-state index in [4.69, 9.17) is 4.42 Å². The van der Waals surface area contributed by atoms with Gasteiger partial charge in [0.2, 0.25) is 11.8 Å². The smallest absolute Gasteiger partial charge is 0.243 e. The molecule has 2 aromatic rings. The first-order chi connectivity index (χ1) is 10.2. The van der Waals surface area contributed by atoms with Crippen LogP contribution in [0.2, 0.25) is 0 Å². The number of rotatable bonds is 4. The largest absolute Gasteiger partial charge is 0.467 e. The number of nitrogens with zero attached hydrogens (tertiary/aromatic N) is 1. The second-order valence-corrected chi connectivity index (χ2v) is 5.02.